The summed E-state index contributed by atoms with van der Waals surface area (Å²) in [6.07, 6.45) is -2.69. The highest BCUT2D eigenvalue weighted by molar-refractivity contribution is 7.88. The second-order valence-electron chi connectivity index (χ2n) is 12.3. The largest absolute Gasteiger partial charge is 0.462 e. The lowest BCUT2D eigenvalue weighted by molar-refractivity contribution is -0.137. The van der Waals surface area contributed by atoms with Gasteiger partial charge in [-0.05, 0) is 55.8 Å². The molecule has 4 aromatic rings. The summed E-state index contributed by atoms with van der Waals surface area (Å²) in [5.41, 5.74) is 1.27. The van der Waals surface area contributed by atoms with E-state index in [4.69, 9.17) is 9.47 Å². The van der Waals surface area contributed by atoms with Crippen LogP contribution in [0.25, 0.3) is 16.9 Å². The van der Waals surface area contributed by atoms with Gasteiger partial charge in [0.2, 0.25) is 10.0 Å². The van der Waals surface area contributed by atoms with Crippen LogP contribution in [0.2, 0.25) is 0 Å². The molecule has 2 fully saturated rings. The summed E-state index contributed by atoms with van der Waals surface area (Å²) < 4.78 is 81.4. The van der Waals surface area contributed by atoms with E-state index in [0.717, 1.165) is 17.8 Å². The summed E-state index contributed by atoms with van der Waals surface area (Å²) in [5, 5.41) is 9.41. The molecule has 1 aromatic carbocycles. The highest BCUT2D eigenvalue weighted by Crippen LogP contribution is 2.38. The average molecular weight is 746 g/mol. The minimum atomic E-state index is -4.86. The predicted molar refractivity (Wildman–Crippen MR) is 186 cm³/mol. The summed E-state index contributed by atoms with van der Waals surface area (Å²) in [7, 11) is -3.29. The molecule has 0 radical (unpaired) electrons. The third-order valence-corrected chi connectivity index (χ3v) is 10.1. The maximum absolute atomic E-state index is 14.6. The number of nitrogens with zero attached hydrogens (tertiary/aromatic N) is 7. The molecule has 0 unspecified atom stereocenters. The van der Waals surface area contributed by atoms with Crippen LogP contribution in [0, 0.1) is 6.92 Å². The number of ether oxygens (including phenoxy) is 2. The Labute approximate surface area is 297 Å². The standard InChI is InChI=1S/C33H38F3N9O6S/c1-4-51-31(46)22-5-7-24(8-6-22)38-32(47)39-28-18-26(33(34,35)36)25(19-37-28)29-40-30(43-13-15-50-16-14-43)27-17-23(21(2)45(27)41-29)20-42-9-11-44(12-10-42)52(3,48)49/h5-8,17-19H,4,9-16,20H2,1-3H3,(H2,37,38,39,47). The molecule has 2 saturated heterocycles. The highest BCUT2D eigenvalue weighted by atomic mass is 32.2. The van der Waals surface area contributed by atoms with Crippen molar-refractivity contribution in [1.82, 2.24) is 28.8 Å². The van der Waals surface area contributed by atoms with Crippen LogP contribution >= 0.6 is 0 Å². The summed E-state index contributed by atoms with van der Waals surface area (Å²) >= 11 is 0. The van der Waals surface area contributed by atoms with Crippen LogP contribution in [0.5, 0.6) is 0 Å². The van der Waals surface area contributed by atoms with Gasteiger partial charge in [0.15, 0.2) is 11.6 Å². The van der Waals surface area contributed by atoms with E-state index in [0.29, 0.717) is 76.1 Å². The van der Waals surface area contributed by atoms with Gasteiger partial charge in [-0.3, -0.25) is 10.2 Å². The van der Waals surface area contributed by atoms with E-state index in [9.17, 15) is 31.2 Å². The first kappa shape index (κ1) is 36.9. The Morgan fingerprint density at radius 3 is 2.33 bits per heavy atom. The number of fused-ring (bicyclic) bond motifs is 1. The number of carbonyl (C=O) groups is 2. The van der Waals surface area contributed by atoms with E-state index in [1.54, 1.807) is 11.4 Å². The zero-order valence-corrected chi connectivity index (χ0v) is 29.6. The molecule has 0 spiro atoms. The lowest BCUT2D eigenvalue weighted by Crippen LogP contribution is -2.47. The number of nitrogens with one attached hydrogen (secondary N) is 2. The van der Waals surface area contributed by atoms with E-state index in [1.165, 1.54) is 34.8 Å². The Kier molecular flexibility index (Phi) is 10.7. The fraction of sp³-hybridized carbons (Fsp3) is 0.424. The Morgan fingerprint density at radius 2 is 1.69 bits per heavy atom. The number of amides is 2. The monoisotopic (exact) mass is 745 g/mol. The Balaban J connectivity index is 1.29. The number of hydrogen-bond acceptors (Lipinski definition) is 11. The predicted octanol–water partition coefficient (Wildman–Crippen LogP) is 3.85. The number of hydrogen-bond donors (Lipinski definition) is 2. The number of carbonyl (C=O) groups excluding carboxylic acids is 2. The van der Waals surface area contributed by atoms with Gasteiger partial charge in [-0.1, -0.05) is 0 Å². The van der Waals surface area contributed by atoms with E-state index in [-0.39, 0.29) is 35.1 Å². The number of aryl methyl sites for hydroxylation is 1. The molecular weight excluding hydrogens is 707 g/mol. The quantitative estimate of drug-likeness (QED) is 0.239. The molecule has 0 saturated carbocycles. The van der Waals surface area contributed by atoms with E-state index >= 15 is 0 Å². The third-order valence-electron chi connectivity index (χ3n) is 8.81. The minimum absolute atomic E-state index is 0.200. The van der Waals surface area contributed by atoms with Crippen LogP contribution in [0.3, 0.4) is 0 Å². The van der Waals surface area contributed by atoms with Gasteiger partial charge in [-0.25, -0.2) is 32.5 Å². The first-order valence-corrected chi connectivity index (χ1v) is 18.4. The molecule has 278 valence electrons. The molecule has 2 aliphatic heterocycles. The molecule has 52 heavy (non-hydrogen) atoms. The number of benzene rings is 1. The normalized spacial score (nSPS) is 16.2. The van der Waals surface area contributed by atoms with Gasteiger partial charge in [0.1, 0.15) is 11.3 Å². The van der Waals surface area contributed by atoms with E-state index in [1.807, 2.05) is 17.9 Å². The summed E-state index contributed by atoms with van der Waals surface area (Å²) in [5.74, 6) is -0.661. The summed E-state index contributed by atoms with van der Waals surface area (Å²) in [6, 6.07) is 7.60. The number of pyridine rings is 1. The topological polar surface area (TPSA) is 164 Å². The number of morpholine rings is 1. The van der Waals surface area contributed by atoms with Gasteiger partial charge in [-0.15, -0.1) is 5.10 Å². The lowest BCUT2D eigenvalue weighted by atomic mass is 10.1. The van der Waals surface area contributed by atoms with Crippen LogP contribution in [0.4, 0.5) is 35.3 Å². The van der Waals surface area contributed by atoms with Crippen molar-refractivity contribution in [3.8, 4) is 11.4 Å². The maximum Gasteiger partial charge on any atom is 0.417 e. The van der Waals surface area contributed by atoms with Crippen molar-refractivity contribution in [2.75, 3.05) is 80.9 Å². The highest BCUT2D eigenvalue weighted by Gasteiger charge is 2.36. The molecule has 5 heterocycles. The van der Waals surface area contributed by atoms with Gasteiger partial charge < -0.3 is 19.7 Å². The minimum Gasteiger partial charge on any atom is -0.462 e. The number of halogens is 3. The van der Waals surface area contributed by atoms with Crippen LogP contribution in [0.15, 0.2) is 42.6 Å². The van der Waals surface area contributed by atoms with Gasteiger partial charge >= 0.3 is 18.2 Å². The van der Waals surface area contributed by atoms with Gasteiger partial charge in [0.25, 0.3) is 0 Å². The Hall–Kier alpha value is -4.85. The zero-order valence-electron chi connectivity index (χ0n) is 28.7. The number of rotatable bonds is 9. The fourth-order valence-electron chi connectivity index (χ4n) is 6.07. The summed E-state index contributed by atoms with van der Waals surface area (Å²) in [4.78, 5) is 37.4. The second kappa shape index (κ2) is 15.0. The molecule has 6 rings (SSSR count). The van der Waals surface area contributed by atoms with Crippen molar-refractivity contribution >= 4 is 44.9 Å². The Bertz CT molecular complexity index is 2060. The number of alkyl halides is 3. The maximum atomic E-state index is 14.6. The molecule has 0 atom stereocenters. The number of esters is 1. The van der Waals surface area contributed by atoms with Gasteiger partial charge in [-0.2, -0.15) is 17.5 Å². The molecule has 15 nitrogen and oxygen atoms in total. The smallest absolute Gasteiger partial charge is 0.417 e. The van der Waals surface area contributed by atoms with Crippen LogP contribution < -0.4 is 15.5 Å². The molecule has 0 bridgehead atoms. The first-order valence-electron chi connectivity index (χ1n) is 16.5. The zero-order chi connectivity index (χ0) is 37.2. The molecule has 2 N–H and O–H groups in total. The van der Waals surface area contributed by atoms with Gasteiger partial charge in [0.05, 0.1) is 42.8 Å². The van der Waals surface area contributed by atoms with Crippen LogP contribution in [-0.4, -0.2) is 115 Å². The number of anilines is 3. The molecule has 2 aliphatic rings. The molecule has 3 aromatic heterocycles. The number of aromatic nitrogens is 4. The molecule has 2 amide bonds. The van der Waals surface area contributed by atoms with Crippen molar-refractivity contribution in [3.63, 3.8) is 0 Å². The van der Waals surface area contributed by atoms with Crippen molar-refractivity contribution in [2.45, 2.75) is 26.6 Å². The average Bonchev–Trinajstić information content (AvgIpc) is 3.42. The second-order valence-corrected chi connectivity index (χ2v) is 14.3. The third kappa shape index (κ3) is 8.27. The molecule has 0 aliphatic carbocycles. The fourth-order valence-corrected chi connectivity index (χ4v) is 6.90. The SMILES string of the molecule is CCOC(=O)c1ccc(NC(=O)Nc2cc(C(F)(F)F)c(-c3nc(N4CCOCC4)c4cc(CN5CCN(S(C)(=O)=O)CC5)c(C)n4n3)cn2)cc1. The first-order chi connectivity index (χ1) is 24.7. The number of urea groups is 1. The van der Waals surface area contributed by atoms with Crippen molar-refractivity contribution in [2.24, 2.45) is 0 Å². The molecule has 19 heteroatoms. The number of sulfonamides is 1. The van der Waals surface area contributed by atoms with Crippen molar-refractivity contribution < 1.29 is 40.7 Å². The van der Waals surface area contributed by atoms with E-state index in [2.05, 4.69) is 30.6 Å². The van der Waals surface area contributed by atoms with Gasteiger partial charge in [0, 0.05) is 63.4 Å². The lowest BCUT2D eigenvalue weighted by Gasteiger charge is -2.33. The van der Waals surface area contributed by atoms with E-state index < -0.39 is 33.8 Å². The van der Waals surface area contributed by atoms with Crippen molar-refractivity contribution in [1.29, 1.82) is 0 Å². The van der Waals surface area contributed by atoms with Crippen LogP contribution in [-0.2, 0) is 32.2 Å². The number of piperazine rings is 1. The van der Waals surface area contributed by atoms with Crippen LogP contribution in [0.1, 0.15) is 34.1 Å². The van der Waals surface area contributed by atoms with Crippen molar-refractivity contribution in [3.05, 3.63) is 65.0 Å². The molecular formula is C33H38F3N9O6S. The Morgan fingerprint density at radius 1 is 1.00 bits per heavy atom. The summed E-state index contributed by atoms with van der Waals surface area (Å²) in [6.45, 7) is 7.70.